The van der Waals surface area contributed by atoms with E-state index in [1.807, 2.05) is 38.3 Å². The summed E-state index contributed by atoms with van der Waals surface area (Å²) in [6.07, 6.45) is 1.65. The number of nitrogens with zero attached hydrogens (tertiary/aromatic N) is 3. The maximum absolute atomic E-state index is 13.0. The Labute approximate surface area is 196 Å². The highest BCUT2D eigenvalue weighted by Crippen LogP contribution is 2.28. The molecule has 10 heteroatoms. The van der Waals surface area contributed by atoms with Crippen LogP contribution >= 0.6 is 11.3 Å². The first-order chi connectivity index (χ1) is 15.8. The molecule has 0 aliphatic carbocycles. The quantitative estimate of drug-likeness (QED) is 0.371. The molecule has 172 valence electrons. The van der Waals surface area contributed by atoms with E-state index < -0.39 is 10.0 Å². The summed E-state index contributed by atoms with van der Waals surface area (Å²) in [5, 5.41) is 9.84. The first-order valence-electron chi connectivity index (χ1n) is 10.5. The number of pyridine rings is 1. The second kappa shape index (κ2) is 9.42. The summed E-state index contributed by atoms with van der Waals surface area (Å²) >= 11 is 1.54. The predicted octanol–water partition coefficient (Wildman–Crippen LogP) is 3.76. The lowest BCUT2D eigenvalue weighted by molar-refractivity contribution is 0.0956. The molecule has 3 aromatic heterocycles. The Kier molecular flexibility index (Phi) is 6.59. The Balaban J connectivity index is 1.51. The zero-order valence-electron chi connectivity index (χ0n) is 18.6. The molecule has 0 atom stereocenters. The maximum atomic E-state index is 13.0. The number of sulfonamides is 1. The van der Waals surface area contributed by atoms with Gasteiger partial charge in [-0.05, 0) is 50.4 Å². The van der Waals surface area contributed by atoms with Gasteiger partial charge in [0, 0.05) is 19.1 Å². The summed E-state index contributed by atoms with van der Waals surface area (Å²) in [5.74, 6) is -0.307. The molecule has 4 rings (SSSR count). The number of thiophene rings is 1. The normalized spacial score (nSPS) is 11.9. The van der Waals surface area contributed by atoms with Crippen molar-refractivity contribution < 1.29 is 13.2 Å². The number of carbonyl (C=O) groups excluding carboxylic acids is 1. The smallest absolute Gasteiger partial charge is 0.252 e. The second-order valence-electron chi connectivity index (χ2n) is 7.92. The van der Waals surface area contributed by atoms with E-state index in [-0.39, 0.29) is 29.9 Å². The van der Waals surface area contributed by atoms with Crippen molar-refractivity contribution in [3.63, 3.8) is 0 Å². The van der Waals surface area contributed by atoms with Crippen molar-refractivity contribution in [3.8, 4) is 10.6 Å². The summed E-state index contributed by atoms with van der Waals surface area (Å²) in [4.78, 5) is 18.9. The van der Waals surface area contributed by atoms with Crippen molar-refractivity contribution in [3.05, 3.63) is 65.2 Å². The Hall–Kier alpha value is -3.08. The molecule has 0 spiro atoms. The summed E-state index contributed by atoms with van der Waals surface area (Å²) in [5.41, 5.74) is 2.77. The van der Waals surface area contributed by atoms with Gasteiger partial charge in [-0.2, -0.15) is 5.10 Å². The summed E-state index contributed by atoms with van der Waals surface area (Å²) < 4.78 is 29.2. The minimum Gasteiger partial charge on any atom is -0.351 e. The van der Waals surface area contributed by atoms with E-state index in [4.69, 9.17) is 4.98 Å². The molecule has 0 radical (unpaired) electrons. The van der Waals surface area contributed by atoms with Crippen LogP contribution < -0.4 is 10.0 Å². The number of hydrogen-bond acceptors (Lipinski definition) is 6. The van der Waals surface area contributed by atoms with E-state index in [0.717, 1.165) is 10.4 Å². The Morgan fingerprint density at radius 3 is 2.58 bits per heavy atom. The summed E-state index contributed by atoms with van der Waals surface area (Å²) in [6.45, 7) is 6.11. The molecule has 4 aromatic rings. The van der Waals surface area contributed by atoms with Crippen molar-refractivity contribution in [2.45, 2.75) is 31.7 Å². The lowest BCUT2D eigenvalue weighted by atomic mass is 10.1. The van der Waals surface area contributed by atoms with Gasteiger partial charge in [-0.15, -0.1) is 11.3 Å². The topological polar surface area (TPSA) is 106 Å². The van der Waals surface area contributed by atoms with Gasteiger partial charge in [0.15, 0.2) is 5.65 Å². The lowest BCUT2D eigenvalue weighted by Gasteiger charge is -2.11. The van der Waals surface area contributed by atoms with Gasteiger partial charge in [0.1, 0.15) is 0 Å². The van der Waals surface area contributed by atoms with Gasteiger partial charge in [0.2, 0.25) is 10.0 Å². The number of amides is 1. The zero-order chi connectivity index (χ0) is 23.6. The number of hydrogen-bond donors (Lipinski definition) is 2. The van der Waals surface area contributed by atoms with Crippen LogP contribution in [0.5, 0.6) is 0 Å². The fraction of sp³-hybridized carbons (Fsp3) is 0.261. The number of fused-ring (bicyclic) bond motifs is 1. The number of aromatic nitrogens is 3. The highest BCUT2D eigenvalue weighted by atomic mass is 32.2. The van der Waals surface area contributed by atoms with Gasteiger partial charge >= 0.3 is 0 Å². The molecule has 0 unspecified atom stereocenters. The van der Waals surface area contributed by atoms with Crippen LogP contribution in [0.25, 0.3) is 21.6 Å². The first kappa shape index (κ1) is 23.1. The summed E-state index contributed by atoms with van der Waals surface area (Å²) in [6, 6.07) is 12.3. The van der Waals surface area contributed by atoms with Crippen molar-refractivity contribution >= 4 is 38.3 Å². The summed E-state index contributed by atoms with van der Waals surface area (Å²) in [7, 11) is -3.64. The molecule has 0 aliphatic rings. The van der Waals surface area contributed by atoms with Crippen LogP contribution in [-0.4, -0.2) is 42.2 Å². The van der Waals surface area contributed by atoms with Crippen molar-refractivity contribution in [1.82, 2.24) is 24.8 Å². The molecular weight excluding hydrogens is 458 g/mol. The SMILES string of the molecule is Cc1ccc(S(=O)(=O)NCCNC(=O)c2cc(-c3cccs3)nc3c2cnn3C(C)C)cc1. The second-order valence-corrected chi connectivity index (χ2v) is 10.6. The average Bonchev–Trinajstić information content (AvgIpc) is 3.46. The molecule has 1 aromatic carbocycles. The van der Waals surface area contributed by atoms with E-state index in [9.17, 15) is 13.2 Å². The van der Waals surface area contributed by atoms with Gasteiger partial charge < -0.3 is 5.32 Å². The minimum absolute atomic E-state index is 0.0687. The van der Waals surface area contributed by atoms with Crippen LogP contribution in [0.3, 0.4) is 0 Å². The molecule has 1 amide bonds. The van der Waals surface area contributed by atoms with Crippen LogP contribution in [0, 0.1) is 6.92 Å². The lowest BCUT2D eigenvalue weighted by Crippen LogP contribution is -2.34. The fourth-order valence-corrected chi connectivity index (χ4v) is 5.11. The van der Waals surface area contributed by atoms with Crippen molar-refractivity contribution in [1.29, 1.82) is 0 Å². The number of benzene rings is 1. The van der Waals surface area contributed by atoms with Crippen LogP contribution in [0.15, 0.2) is 58.9 Å². The average molecular weight is 484 g/mol. The van der Waals surface area contributed by atoms with Crippen LogP contribution in [0.1, 0.15) is 35.8 Å². The Morgan fingerprint density at radius 1 is 1.15 bits per heavy atom. The Morgan fingerprint density at radius 2 is 1.91 bits per heavy atom. The molecular formula is C23H25N5O3S2. The number of aryl methyl sites for hydroxylation is 1. The molecule has 3 heterocycles. The Bertz CT molecular complexity index is 1380. The number of nitrogens with one attached hydrogen (secondary N) is 2. The van der Waals surface area contributed by atoms with Gasteiger partial charge in [0.05, 0.1) is 32.6 Å². The third-order valence-corrected chi connectivity index (χ3v) is 7.48. The highest BCUT2D eigenvalue weighted by molar-refractivity contribution is 7.89. The number of rotatable bonds is 8. The van der Waals surface area contributed by atoms with E-state index in [1.165, 1.54) is 0 Å². The fourth-order valence-electron chi connectivity index (χ4n) is 3.39. The molecule has 0 saturated carbocycles. The van der Waals surface area contributed by atoms with Crippen molar-refractivity contribution in [2.24, 2.45) is 0 Å². The first-order valence-corrected chi connectivity index (χ1v) is 12.9. The van der Waals surface area contributed by atoms with Crippen LogP contribution in [0.4, 0.5) is 0 Å². The zero-order valence-corrected chi connectivity index (χ0v) is 20.2. The van der Waals surface area contributed by atoms with E-state index in [1.54, 1.807) is 52.5 Å². The molecule has 0 saturated heterocycles. The monoisotopic (exact) mass is 483 g/mol. The molecule has 0 aliphatic heterocycles. The van der Waals surface area contributed by atoms with Gasteiger partial charge in [0.25, 0.3) is 5.91 Å². The van der Waals surface area contributed by atoms with Crippen LogP contribution in [-0.2, 0) is 10.0 Å². The molecule has 33 heavy (non-hydrogen) atoms. The third kappa shape index (κ3) is 4.97. The van der Waals surface area contributed by atoms with E-state index >= 15 is 0 Å². The van der Waals surface area contributed by atoms with Crippen LogP contribution in [0.2, 0.25) is 0 Å². The molecule has 0 bridgehead atoms. The molecule has 2 N–H and O–H groups in total. The molecule has 8 nitrogen and oxygen atoms in total. The number of carbonyl (C=O) groups is 1. The maximum Gasteiger partial charge on any atom is 0.252 e. The predicted molar refractivity (Wildman–Crippen MR) is 130 cm³/mol. The highest BCUT2D eigenvalue weighted by Gasteiger charge is 2.19. The van der Waals surface area contributed by atoms with Crippen molar-refractivity contribution in [2.75, 3.05) is 13.1 Å². The van der Waals surface area contributed by atoms with Gasteiger partial charge in [-0.3, -0.25) is 4.79 Å². The van der Waals surface area contributed by atoms with E-state index in [0.29, 0.717) is 22.3 Å². The largest absolute Gasteiger partial charge is 0.351 e. The van der Waals surface area contributed by atoms with Gasteiger partial charge in [-0.25, -0.2) is 22.8 Å². The standard InChI is InChI=1S/C23H25N5O3S2/c1-15(2)28-22-19(14-25-28)18(13-20(27-22)21-5-4-12-32-21)23(29)24-10-11-26-33(30,31)17-8-6-16(3)7-9-17/h4-9,12-15,26H,10-11H2,1-3H3,(H,24,29). The molecule has 0 fully saturated rings. The van der Waals surface area contributed by atoms with E-state index in [2.05, 4.69) is 15.1 Å². The minimum atomic E-state index is -3.64. The third-order valence-electron chi connectivity index (χ3n) is 5.11. The van der Waals surface area contributed by atoms with Gasteiger partial charge in [-0.1, -0.05) is 23.8 Å².